The summed E-state index contributed by atoms with van der Waals surface area (Å²) in [5, 5.41) is 26.4. The number of carbonyl (C=O) groups is 5. The second-order valence-electron chi connectivity index (χ2n) is 20.3. The number of hydrogen-bond donors (Lipinski definition) is 5. The lowest BCUT2D eigenvalue weighted by Crippen LogP contribution is -2.53. The fraction of sp³-hybridized carbons (Fsp3) is 0.794. The number of carbonyl (C=O) groups excluding carboxylic acids is 3. The molecule has 1 atom stereocenters. The summed E-state index contributed by atoms with van der Waals surface area (Å²) in [5.41, 5.74) is 0. The topological polar surface area (TPSA) is 184 Å². The standard InChI is InChI=1S/C63H106N4O9/c1-3-5-7-9-11-13-15-17-19-21-23-25-27-29-31-33-35-37-39-41-43-45-47-59(68)65-55-58(63(74)64-49-51-75-53-54-76-52-50-67(56-61(70)71)57-62(72)73)66-60(69)48-46-44-42-40-38-36-34-32-30-28-26-24-22-20-18-16-14-12-10-8-6-4-2/h58H,3-24,33-57H2,1-2H3,(H,64,74)(H,65,68)(H,66,69)(H,70,71)(H,72,73). The fourth-order valence-corrected chi connectivity index (χ4v) is 8.50. The number of hydrogen-bond acceptors (Lipinski definition) is 8. The van der Waals surface area contributed by atoms with Crippen molar-refractivity contribution in [2.24, 2.45) is 0 Å². The van der Waals surface area contributed by atoms with Crippen LogP contribution in [0.3, 0.4) is 0 Å². The van der Waals surface area contributed by atoms with E-state index in [1.54, 1.807) is 0 Å². The Morgan fingerprint density at radius 2 is 0.763 bits per heavy atom. The van der Waals surface area contributed by atoms with Gasteiger partial charge in [0.25, 0.3) is 0 Å². The third-order valence-corrected chi connectivity index (χ3v) is 13.0. The molecule has 0 aromatic carbocycles. The number of carboxylic acids is 2. The molecule has 0 aliphatic rings. The van der Waals surface area contributed by atoms with Gasteiger partial charge in [0.05, 0.1) is 39.5 Å². The highest BCUT2D eigenvalue weighted by Crippen LogP contribution is 2.13. The van der Waals surface area contributed by atoms with Crippen LogP contribution in [0.25, 0.3) is 0 Å². The maximum atomic E-state index is 13.2. The molecule has 5 N–H and O–H groups in total. The van der Waals surface area contributed by atoms with E-state index in [4.69, 9.17) is 19.7 Å². The van der Waals surface area contributed by atoms with Gasteiger partial charge in [-0.05, 0) is 62.2 Å². The molecule has 0 fully saturated rings. The van der Waals surface area contributed by atoms with E-state index < -0.39 is 37.0 Å². The highest BCUT2D eigenvalue weighted by Gasteiger charge is 2.21. The monoisotopic (exact) mass is 1060 g/mol. The SMILES string of the molecule is CCCCCCCCCCCCC#CC#CCCCCCCCCC(=O)NCC(NC(=O)CCCCCCCCC#CC#CCCCCCCCCCCCC)C(=O)NCCOCCOCCN(CC(=O)O)CC(=O)O. The van der Waals surface area contributed by atoms with Gasteiger partial charge in [0.15, 0.2) is 0 Å². The van der Waals surface area contributed by atoms with Crippen molar-refractivity contribution < 1.29 is 43.7 Å². The maximum absolute atomic E-state index is 13.2. The average molecular weight is 1060 g/mol. The summed E-state index contributed by atoms with van der Waals surface area (Å²) in [7, 11) is 0. The van der Waals surface area contributed by atoms with Crippen LogP contribution in [0, 0.1) is 47.4 Å². The first-order valence-electron chi connectivity index (χ1n) is 30.3. The van der Waals surface area contributed by atoms with Crippen molar-refractivity contribution in [3.05, 3.63) is 0 Å². The summed E-state index contributed by atoms with van der Waals surface area (Å²) >= 11 is 0. The third kappa shape index (κ3) is 55.7. The molecule has 1 unspecified atom stereocenters. The molecule has 13 heteroatoms. The molecule has 0 aromatic heterocycles. The van der Waals surface area contributed by atoms with Gasteiger partial charge in [-0.1, -0.05) is 204 Å². The van der Waals surface area contributed by atoms with Crippen LogP contribution in [0.1, 0.15) is 258 Å². The lowest BCUT2D eigenvalue weighted by atomic mass is 10.1. The molecular formula is C63H106N4O9. The summed E-state index contributed by atoms with van der Waals surface area (Å²) in [6, 6.07) is -0.941. The number of unbranched alkanes of at least 4 members (excludes halogenated alkanes) is 32. The minimum atomic E-state index is -1.12. The number of ether oxygens (including phenoxy) is 2. The van der Waals surface area contributed by atoms with Crippen LogP contribution in [-0.4, -0.2) is 110 Å². The Balaban J connectivity index is 4.51. The lowest BCUT2D eigenvalue weighted by Gasteiger charge is -2.19. The second-order valence-corrected chi connectivity index (χ2v) is 20.3. The average Bonchev–Trinajstić information content (AvgIpc) is 3.39. The summed E-state index contributed by atoms with van der Waals surface area (Å²) in [6.07, 6.45) is 42.5. The van der Waals surface area contributed by atoms with Crippen molar-refractivity contribution in [3.8, 4) is 47.4 Å². The fourth-order valence-electron chi connectivity index (χ4n) is 8.50. The predicted molar refractivity (Wildman–Crippen MR) is 309 cm³/mol. The molecule has 0 heterocycles. The van der Waals surface area contributed by atoms with Crippen LogP contribution in [-0.2, 0) is 33.4 Å². The largest absolute Gasteiger partial charge is 0.480 e. The Hall–Kier alpha value is -4.53. The zero-order chi connectivity index (χ0) is 55.5. The molecule has 0 saturated carbocycles. The maximum Gasteiger partial charge on any atom is 0.317 e. The van der Waals surface area contributed by atoms with Crippen LogP contribution in [0.15, 0.2) is 0 Å². The van der Waals surface area contributed by atoms with Crippen LogP contribution < -0.4 is 16.0 Å². The van der Waals surface area contributed by atoms with Crippen LogP contribution >= 0.6 is 0 Å². The molecule has 76 heavy (non-hydrogen) atoms. The van der Waals surface area contributed by atoms with Gasteiger partial charge < -0.3 is 35.6 Å². The van der Waals surface area contributed by atoms with E-state index >= 15 is 0 Å². The first-order valence-corrected chi connectivity index (χ1v) is 30.3. The molecule has 0 radical (unpaired) electrons. The zero-order valence-corrected chi connectivity index (χ0v) is 48.0. The van der Waals surface area contributed by atoms with E-state index in [0.717, 1.165) is 109 Å². The molecule has 0 rings (SSSR count). The van der Waals surface area contributed by atoms with Gasteiger partial charge in [-0.2, -0.15) is 0 Å². The van der Waals surface area contributed by atoms with Gasteiger partial charge in [0.2, 0.25) is 17.7 Å². The first kappa shape index (κ1) is 71.5. The molecule has 432 valence electrons. The predicted octanol–water partition coefficient (Wildman–Crippen LogP) is 12.1. The van der Waals surface area contributed by atoms with E-state index in [1.165, 1.54) is 120 Å². The van der Waals surface area contributed by atoms with Crippen molar-refractivity contribution in [2.45, 2.75) is 264 Å². The van der Waals surface area contributed by atoms with Crippen LogP contribution in [0.4, 0.5) is 0 Å². The summed E-state index contributed by atoms with van der Waals surface area (Å²) in [4.78, 5) is 62.3. The summed E-state index contributed by atoms with van der Waals surface area (Å²) in [6.45, 7) is 4.70. The molecule has 0 spiro atoms. The van der Waals surface area contributed by atoms with Crippen LogP contribution in [0.2, 0.25) is 0 Å². The lowest BCUT2D eigenvalue weighted by molar-refractivity contribution is -0.142. The van der Waals surface area contributed by atoms with Crippen molar-refractivity contribution in [3.63, 3.8) is 0 Å². The number of aliphatic carboxylic acids is 2. The number of carboxylic acid groups (broad SMARTS) is 2. The number of amides is 3. The molecule has 0 bridgehead atoms. The summed E-state index contributed by atoms with van der Waals surface area (Å²) < 4.78 is 11.0. The minimum Gasteiger partial charge on any atom is -0.480 e. The van der Waals surface area contributed by atoms with E-state index in [0.29, 0.717) is 12.8 Å². The van der Waals surface area contributed by atoms with Crippen molar-refractivity contribution in [1.82, 2.24) is 20.9 Å². The second kappa shape index (κ2) is 58.2. The summed E-state index contributed by atoms with van der Waals surface area (Å²) in [5.74, 6) is 21.7. The van der Waals surface area contributed by atoms with Crippen LogP contribution in [0.5, 0.6) is 0 Å². The van der Waals surface area contributed by atoms with Gasteiger partial charge >= 0.3 is 11.9 Å². The van der Waals surface area contributed by atoms with E-state index in [1.807, 2.05) is 0 Å². The van der Waals surface area contributed by atoms with Gasteiger partial charge in [0, 0.05) is 58.2 Å². The Morgan fingerprint density at radius 3 is 1.14 bits per heavy atom. The van der Waals surface area contributed by atoms with Crippen molar-refractivity contribution in [2.75, 3.05) is 59.2 Å². The minimum absolute atomic E-state index is 0.0234. The third-order valence-electron chi connectivity index (χ3n) is 13.0. The number of nitrogens with one attached hydrogen (secondary N) is 3. The van der Waals surface area contributed by atoms with E-state index in [9.17, 15) is 24.0 Å². The molecule has 0 aliphatic heterocycles. The number of rotatable bonds is 53. The molecule has 0 aromatic rings. The van der Waals surface area contributed by atoms with Gasteiger partial charge in [-0.15, -0.1) is 0 Å². The molecule has 0 aliphatic carbocycles. The molecule has 3 amide bonds. The van der Waals surface area contributed by atoms with Gasteiger partial charge in [0.1, 0.15) is 6.04 Å². The van der Waals surface area contributed by atoms with Crippen molar-refractivity contribution >= 4 is 29.7 Å². The van der Waals surface area contributed by atoms with E-state index in [-0.39, 0.29) is 64.3 Å². The highest BCUT2D eigenvalue weighted by molar-refractivity contribution is 5.88. The Labute approximate surface area is 462 Å². The normalized spacial score (nSPS) is 11.0. The number of nitrogens with zero attached hydrogens (tertiary/aromatic N) is 1. The highest BCUT2D eigenvalue weighted by atomic mass is 16.5. The molecule has 0 saturated heterocycles. The van der Waals surface area contributed by atoms with E-state index in [2.05, 4.69) is 77.2 Å². The first-order chi connectivity index (χ1) is 37.2. The van der Waals surface area contributed by atoms with Gasteiger partial charge in [-0.25, -0.2) is 0 Å². The Bertz CT molecular complexity index is 1690. The molecule has 13 nitrogen and oxygen atoms in total. The smallest absolute Gasteiger partial charge is 0.317 e. The quantitative estimate of drug-likeness (QED) is 0.0290. The molecular weight excluding hydrogens is 957 g/mol. The van der Waals surface area contributed by atoms with Gasteiger partial charge in [-0.3, -0.25) is 28.9 Å². The van der Waals surface area contributed by atoms with Crippen molar-refractivity contribution in [1.29, 1.82) is 0 Å². The Morgan fingerprint density at radius 1 is 0.421 bits per heavy atom. The Kier molecular flexibility index (Phi) is 54.7. The zero-order valence-electron chi connectivity index (χ0n) is 48.0.